The van der Waals surface area contributed by atoms with Crippen LogP contribution in [-0.4, -0.2) is 10.9 Å². The molecule has 20 heavy (non-hydrogen) atoms. The van der Waals surface area contributed by atoms with Crippen molar-refractivity contribution < 1.29 is 4.79 Å². The Bertz CT molecular complexity index is 661. The summed E-state index contributed by atoms with van der Waals surface area (Å²) in [5.74, 6) is 5.21. The van der Waals surface area contributed by atoms with Crippen LogP contribution in [0.1, 0.15) is 15.9 Å². The minimum absolute atomic E-state index is 0.267. The maximum Gasteiger partial charge on any atom is 0.257 e. The lowest BCUT2D eigenvalue weighted by Crippen LogP contribution is -2.15. The van der Waals surface area contributed by atoms with E-state index in [0.29, 0.717) is 22.1 Å². The Morgan fingerprint density at radius 3 is 2.70 bits per heavy atom. The molecule has 5 nitrogen and oxygen atoms in total. The van der Waals surface area contributed by atoms with Gasteiger partial charge in [0.2, 0.25) is 0 Å². The van der Waals surface area contributed by atoms with E-state index in [1.54, 1.807) is 18.2 Å². The maximum atomic E-state index is 12.1. The highest BCUT2D eigenvalue weighted by molar-refractivity contribution is 6.33. The standard InChI is InChI=1S/C13H12Cl2N4O/c1-7-9(14)3-2-4-11(7)18-13(20)8-5-10(15)12(19-16)17-6-8/h2-6H,16H2,1H3,(H,17,19)(H,18,20). The van der Waals surface area contributed by atoms with Crippen molar-refractivity contribution in [3.8, 4) is 0 Å². The minimum Gasteiger partial charge on any atom is -0.322 e. The lowest BCUT2D eigenvalue weighted by molar-refractivity contribution is 0.102. The molecular weight excluding hydrogens is 299 g/mol. The van der Waals surface area contributed by atoms with Gasteiger partial charge in [0.25, 0.3) is 5.91 Å². The highest BCUT2D eigenvalue weighted by Gasteiger charge is 2.11. The topological polar surface area (TPSA) is 80.0 Å². The molecule has 0 aliphatic carbocycles. The Kier molecular flexibility index (Phi) is 4.44. The van der Waals surface area contributed by atoms with Gasteiger partial charge in [0.05, 0.1) is 10.6 Å². The second kappa shape index (κ2) is 6.09. The van der Waals surface area contributed by atoms with Crippen molar-refractivity contribution in [3.63, 3.8) is 0 Å². The van der Waals surface area contributed by atoms with Crippen molar-refractivity contribution in [3.05, 3.63) is 51.6 Å². The Labute approximate surface area is 126 Å². The van der Waals surface area contributed by atoms with Crippen molar-refractivity contribution in [1.82, 2.24) is 4.98 Å². The number of hydrazine groups is 1. The fourth-order valence-electron chi connectivity index (χ4n) is 1.61. The summed E-state index contributed by atoms with van der Waals surface area (Å²) in [6.45, 7) is 1.82. The number of nitrogen functional groups attached to an aromatic ring is 1. The fraction of sp³-hybridized carbons (Fsp3) is 0.0769. The van der Waals surface area contributed by atoms with Gasteiger partial charge in [-0.2, -0.15) is 0 Å². The molecule has 1 aromatic heterocycles. The first-order valence-corrected chi connectivity index (χ1v) is 6.47. The van der Waals surface area contributed by atoms with Gasteiger partial charge in [-0.05, 0) is 30.7 Å². The summed E-state index contributed by atoms with van der Waals surface area (Å²) >= 11 is 11.9. The van der Waals surface area contributed by atoms with E-state index in [9.17, 15) is 4.79 Å². The van der Waals surface area contributed by atoms with Crippen molar-refractivity contribution in [1.29, 1.82) is 0 Å². The lowest BCUT2D eigenvalue weighted by Gasteiger charge is -2.10. The number of hydrogen-bond acceptors (Lipinski definition) is 4. The lowest BCUT2D eigenvalue weighted by atomic mass is 10.2. The number of hydrogen-bond donors (Lipinski definition) is 3. The van der Waals surface area contributed by atoms with Crippen LogP contribution in [0.2, 0.25) is 10.0 Å². The van der Waals surface area contributed by atoms with E-state index in [1.165, 1.54) is 12.3 Å². The molecule has 4 N–H and O–H groups in total. The second-order valence-corrected chi connectivity index (χ2v) is 4.88. The van der Waals surface area contributed by atoms with Crippen LogP contribution in [0, 0.1) is 6.92 Å². The van der Waals surface area contributed by atoms with Gasteiger partial charge in [0.15, 0.2) is 5.82 Å². The average Bonchev–Trinajstić information content (AvgIpc) is 2.43. The monoisotopic (exact) mass is 310 g/mol. The van der Waals surface area contributed by atoms with E-state index in [0.717, 1.165) is 5.56 Å². The predicted octanol–water partition coefficient (Wildman–Crippen LogP) is 3.23. The maximum absolute atomic E-state index is 12.1. The number of benzene rings is 1. The Morgan fingerprint density at radius 1 is 1.30 bits per heavy atom. The summed E-state index contributed by atoms with van der Waals surface area (Å²) in [4.78, 5) is 16.1. The van der Waals surface area contributed by atoms with Gasteiger partial charge >= 0.3 is 0 Å². The molecule has 0 aliphatic heterocycles. The average molecular weight is 311 g/mol. The Hall–Kier alpha value is -1.82. The fourth-order valence-corrected chi connectivity index (χ4v) is 2.00. The van der Waals surface area contributed by atoms with Gasteiger partial charge in [-0.1, -0.05) is 29.3 Å². The van der Waals surface area contributed by atoms with E-state index in [1.807, 2.05) is 6.92 Å². The van der Waals surface area contributed by atoms with Gasteiger partial charge in [-0.3, -0.25) is 4.79 Å². The van der Waals surface area contributed by atoms with Crippen LogP contribution in [-0.2, 0) is 0 Å². The number of halogens is 2. The molecule has 0 spiro atoms. The third kappa shape index (κ3) is 3.01. The number of carbonyl (C=O) groups is 1. The first kappa shape index (κ1) is 14.6. The van der Waals surface area contributed by atoms with Crippen molar-refractivity contribution in [2.24, 2.45) is 5.84 Å². The van der Waals surface area contributed by atoms with Gasteiger partial charge in [-0.25, -0.2) is 10.8 Å². The largest absolute Gasteiger partial charge is 0.322 e. The summed E-state index contributed by atoms with van der Waals surface area (Å²) in [6, 6.07) is 6.77. The quantitative estimate of drug-likeness (QED) is 0.600. The molecule has 7 heteroatoms. The van der Waals surface area contributed by atoms with Crippen LogP contribution in [0.3, 0.4) is 0 Å². The SMILES string of the molecule is Cc1c(Cl)cccc1NC(=O)c1cnc(NN)c(Cl)c1. The number of aromatic nitrogens is 1. The molecule has 0 aliphatic rings. The van der Waals surface area contributed by atoms with Crippen LogP contribution >= 0.6 is 23.2 Å². The van der Waals surface area contributed by atoms with Crippen LogP contribution in [0.4, 0.5) is 11.5 Å². The van der Waals surface area contributed by atoms with Gasteiger partial charge < -0.3 is 10.7 Å². The molecule has 0 unspecified atom stereocenters. The molecule has 0 saturated carbocycles. The van der Waals surface area contributed by atoms with E-state index in [4.69, 9.17) is 29.0 Å². The second-order valence-electron chi connectivity index (χ2n) is 4.07. The molecule has 1 heterocycles. The van der Waals surface area contributed by atoms with Crippen molar-refractivity contribution in [2.75, 3.05) is 10.7 Å². The summed E-state index contributed by atoms with van der Waals surface area (Å²) in [6.07, 6.45) is 1.39. The number of pyridine rings is 1. The Balaban J connectivity index is 2.24. The summed E-state index contributed by atoms with van der Waals surface area (Å²) in [7, 11) is 0. The van der Waals surface area contributed by atoms with Gasteiger partial charge in [0, 0.05) is 16.9 Å². The zero-order valence-electron chi connectivity index (χ0n) is 10.6. The molecule has 0 fully saturated rings. The zero-order valence-corrected chi connectivity index (χ0v) is 12.1. The number of nitrogens with two attached hydrogens (primary N) is 1. The number of nitrogens with zero attached hydrogens (tertiary/aromatic N) is 1. The normalized spacial score (nSPS) is 10.2. The van der Waals surface area contributed by atoms with Crippen molar-refractivity contribution >= 4 is 40.6 Å². The third-order valence-electron chi connectivity index (χ3n) is 2.76. The zero-order chi connectivity index (χ0) is 14.7. The number of carbonyl (C=O) groups excluding carboxylic acids is 1. The molecule has 0 bridgehead atoms. The molecule has 0 saturated heterocycles. The Morgan fingerprint density at radius 2 is 2.05 bits per heavy atom. The van der Waals surface area contributed by atoms with E-state index >= 15 is 0 Å². The molecule has 1 amide bonds. The predicted molar refractivity (Wildman–Crippen MR) is 81.2 cm³/mol. The molecule has 104 valence electrons. The number of amides is 1. The van der Waals surface area contributed by atoms with E-state index < -0.39 is 0 Å². The van der Waals surface area contributed by atoms with E-state index in [2.05, 4.69) is 15.7 Å². The number of nitrogens with one attached hydrogen (secondary N) is 2. The smallest absolute Gasteiger partial charge is 0.257 e. The minimum atomic E-state index is -0.326. The van der Waals surface area contributed by atoms with Crippen LogP contribution in [0.15, 0.2) is 30.5 Å². The van der Waals surface area contributed by atoms with Crippen LogP contribution in [0.25, 0.3) is 0 Å². The summed E-state index contributed by atoms with van der Waals surface area (Å²) in [5, 5.41) is 3.61. The summed E-state index contributed by atoms with van der Waals surface area (Å²) < 4.78 is 0. The molecule has 2 rings (SSSR count). The number of rotatable bonds is 3. The van der Waals surface area contributed by atoms with Crippen LogP contribution < -0.4 is 16.6 Å². The van der Waals surface area contributed by atoms with Crippen molar-refractivity contribution in [2.45, 2.75) is 6.92 Å². The molecule has 1 aromatic carbocycles. The van der Waals surface area contributed by atoms with Gasteiger partial charge in [0.1, 0.15) is 0 Å². The molecule has 0 atom stereocenters. The van der Waals surface area contributed by atoms with Gasteiger partial charge in [-0.15, -0.1) is 0 Å². The molecule has 2 aromatic rings. The van der Waals surface area contributed by atoms with Crippen LogP contribution in [0.5, 0.6) is 0 Å². The van der Waals surface area contributed by atoms with E-state index in [-0.39, 0.29) is 10.9 Å². The first-order chi connectivity index (χ1) is 9.52. The molecule has 0 radical (unpaired) electrons. The number of anilines is 2. The highest BCUT2D eigenvalue weighted by atomic mass is 35.5. The first-order valence-electron chi connectivity index (χ1n) is 5.71. The molecular formula is C13H12Cl2N4O. The third-order valence-corrected chi connectivity index (χ3v) is 3.45. The summed E-state index contributed by atoms with van der Waals surface area (Å²) in [5.41, 5.74) is 4.09. The highest BCUT2D eigenvalue weighted by Crippen LogP contribution is 2.24.